The van der Waals surface area contributed by atoms with E-state index in [1.807, 2.05) is 16.0 Å². The third-order valence-electron chi connectivity index (χ3n) is 3.95. The van der Waals surface area contributed by atoms with Gasteiger partial charge < -0.3 is 9.47 Å². The molecular weight excluding hydrogens is 364 g/mol. The third kappa shape index (κ3) is 2.89. The number of halogens is 1. The summed E-state index contributed by atoms with van der Waals surface area (Å²) in [5.41, 5.74) is 1.46. The van der Waals surface area contributed by atoms with Gasteiger partial charge in [-0.3, -0.25) is 14.0 Å². The van der Waals surface area contributed by atoms with E-state index in [0.717, 1.165) is 10.7 Å². The van der Waals surface area contributed by atoms with Crippen molar-refractivity contribution in [2.45, 2.75) is 13.3 Å². The van der Waals surface area contributed by atoms with Crippen LogP contribution in [-0.4, -0.2) is 35.2 Å². The maximum absolute atomic E-state index is 12.6. The van der Waals surface area contributed by atoms with Crippen LogP contribution in [0, 0.1) is 0 Å². The van der Waals surface area contributed by atoms with Crippen LogP contribution in [0.2, 0.25) is 5.15 Å². The average molecular weight is 379 g/mol. The Morgan fingerprint density at radius 2 is 1.92 bits per heavy atom. The number of nitrogens with zero attached hydrogens (tertiary/aromatic N) is 2. The number of rotatable bonds is 5. The number of Topliss-reactive ketones (excluding diaryl/α,β-unsaturated/α-hetero) is 2. The fourth-order valence-corrected chi connectivity index (χ4v) is 3.66. The van der Waals surface area contributed by atoms with E-state index in [1.165, 1.54) is 25.6 Å². The Kier molecular flexibility index (Phi) is 4.78. The van der Waals surface area contributed by atoms with Gasteiger partial charge in [-0.2, -0.15) is 0 Å². The molecule has 0 saturated carbocycles. The highest BCUT2D eigenvalue weighted by Gasteiger charge is 2.33. The normalized spacial score (nSPS) is 15.8. The van der Waals surface area contributed by atoms with Crippen LogP contribution in [0.15, 0.2) is 40.3 Å². The van der Waals surface area contributed by atoms with Crippen LogP contribution >= 0.6 is 22.9 Å². The Bertz CT molecular complexity index is 965. The molecule has 0 fully saturated rings. The molecule has 8 heteroatoms. The Morgan fingerprint density at radius 3 is 2.60 bits per heavy atom. The number of carbonyl (C=O) groups is 2. The molecule has 25 heavy (non-hydrogen) atoms. The van der Waals surface area contributed by atoms with Crippen molar-refractivity contribution in [1.82, 2.24) is 9.38 Å². The molecule has 1 aliphatic carbocycles. The molecule has 0 saturated heterocycles. The summed E-state index contributed by atoms with van der Waals surface area (Å²) in [6.07, 6.45) is 5.71. The van der Waals surface area contributed by atoms with Crippen LogP contribution in [0.25, 0.3) is 11.0 Å². The SMILES string of the molecule is COC1=C(OC)C(=O)C(C/C=C/c2c(Cl)nc3sccn23)=C(C)C1=O. The van der Waals surface area contributed by atoms with Gasteiger partial charge in [-0.15, -0.1) is 11.3 Å². The fraction of sp³-hybridized carbons (Fsp3) is 0.235. The summed E-state index contributed by atoms with van der Waals surface area (Å²) in [4.78, 5) is 29.9. The lowest BCUT2D eigenvalue weighted by Gasteiger charge is -2.19. The highest BCUT2D eigenvalue weighted by Crippen LogP contribution is 2.28. The van der Waals surface area contributed by atoms with E-state index in [9.17, 15) is 9.59 Å². The summed E-state index contributed by atoms with van der Waals surface area (Å²) < 4.78 is 11.9. The number of thiazole rings is 1. The molecule has 0 bridgehead atoms. The van der Waals surface area contributed by atoms with Gasteiger partial charge >= 0.3 is 0 Å². The Balaban J connectivity index is 1.89. The van der Waals surface area contributed by atoms with Crippen molar-refractivity contribution in [3.05, 3.63) is 51.2 Å². The molecule has 0 atom stereocenters. The van der Waals surface area contributed by atoms with Crippen LogP contribution in [0.4, 0.5) is 0 Å². The van der Waals surface area contributed by atoms with Gasteiger partial charge in [-0.25, -0.2) is 4.98 Å². The lowest BCUT2D eigenvalue weighted by molar-refractivity contribution is -0.121. The maximum atomic E-state index is 12.6. The molecule has 0 aliphatic heterocycles. The number of aromatic nitrogens is 2. The van der Waals surface area contributed by atoms with E-state index in [0.29, 0.717) is 16.3 Å². The molecule has 0 spiro atoms. The van der Waals surface area contributed by atoms with Crippen molar-refractivity contribution in [2.24, 2.45) is 0 Å². The van der Waals surface area contributed by atoms with Crippen molar-refractivity contribution in [2.75, 3.05) is 14.2 Å². The quantitative estimate of drug-likeness (QED) is 0.745. The number of carbonyl (C=O) groups excluding carboxylic acids is 2. The molecule has 0 aromatic carbocycles. The summed E-state index contributed by atoms with van der Waals surface area (Å²) in [5.74, 6) is -0.813. The molecule has 6 nitrogen and oxygen atoms in total. The van der Waals surface area contributed by atoms with E-state index in [4.69, 9.17) is 21.1 Å². The van der Waals surface area contributed by atoms with E-state index < -0.39 is 0 Å². The van der Waals surface area contributed by atoms with Gasteiger partial charge in [0.05, 0.1) is 19.9 Å². The van der Waals surface area contributed by atoms with E-state index in [1.54, 1.807) is 19.1 Å². The number of imidazole rings is 1. The van der Waals surface area contributed by atoms with Crippen LogP contribution in [0.5, 0.6) is 0 Å². The predicted molar refractivity (Wildman–Crippen MR) is 95.5 cm³/mol. The first-order chi connectivity index (χ1) is 12.0. The van der Waals surface area contributed by atoms with Gasteiger partial charge in [0.15, 0.2) is 10.1 Å². The highest BCUT2D eigenvalue weighted by atomic mass is 35.5. The topological polar surface area (TPSA) is 69.9 Å². The molecule has 0 N–H and O–H groups in total. The van der Waals surface area contributed by atoms with Crippen LogP contribution < -0.4 is 0 Å². The Morgan fingerprint density at radius 1 is 1.24 bits per heavy atom. The van der Waals surface area contributed by atoms with Gasteiger partial charge in [-0.05, 0) is 19.4 Å². The average Bonchev–Trinajstić information content (AvgIpc) is 3.15. The third-order valence-corrected chi connectivity index (χ3v) is 4.98. The largest absolute Gasteiger partial charge is 0.489 e. The summed E-state index contributed by atoms with van der Waals surface area (Å²) in [7, 11) is 2.68. The lowest BCUT2D eigenvalue weighted by atomic mass is 9.91. The Hall–Kier alpha value is -2.38. The van der Waals surface area contributed by atoms with Crippen molar-refractivity contribution >= 4 is 45.5 Å². The molecule has 0 amide bonds. The first kappa shape index (κ1) is 17.4. The monoisotopic (exact) mass is 378 g/mol. The zero-order valence-electron chi connectivity index (χ0n) is 13.8. The smallest absolute Gasteiger partial charge is 0.228 e. The lowest BCUT2D eigenvalue weighted by Crippen LogP contribution is -2.24. The molecule has 0 radical (unpaired) electrons. The maximum Gasteiger partial charge on any atom is 0.228 e. The van der Waals surface area contributed by atoms with E-state index in [-0.39, 0.29) is 29.5 Å². The van der Waals surface area contributed by atoms with E-state index in [2.05, 4.69) is 4.98 Å². The minimum absolute atomic E-state index is 0.0588. The van der Waals surface area contributed by atoms with Gasteiger partial charge in [-0.1, -0.05) is 17.7 Å². The highest BCUT2D eigenvalue weighted by molar-refractivity contribution is 7.15. The number of hydrogen-bond donors (Lipinski definition) is 0. The van der Waals surface area contributed by atoms with Gasteiger partial charge in [0.2, 0.25) is 23.1 Å². The van der Waals surface area contributed by atoms with Crippen LogP contribution in [0.3, 0.4) is 0 Å². The first-order valence-electron chi connectivity index (χ1n) is 7.38. The molecule has 3 rings (SSSR count). The van der Waals surface area contributed by atoms with Crippen molar-refractivity contribution < 1.29 is 19.1 Å². The van der Waals surface area contributed by atoms with Crippen LogP contribution in [0.1, 0.15) is 19.0 Å². The molecule has 1 aliphatic rings. The van der Waals surface area contributed by atoms with Crippen molar-refractivity contribution in [1.29, 1.82) is 0 Å². The molecule has 0 unspecified atom stereocenters. The number of ether oxygens (including phenoxy) is 2. The van der Waals surface area contributed by atoms with Gasteiger partial charge in [0.1, 0.15) is 0 Å². The number of fused-ring (bicyclic) bond motifs is 1. The second kappa shape index (κ2) is 6.85. The minimum Gasteiger partial charge on any atom is -0.489 e. The van der Waals surface area contributed by atoms with Crippen molar-refractivity contribution in [3.8, 4) is 0 Å². The minimum atomic E-state index is -0.346. The van der Waals surface area contributed by atoms with E-state index >= 15 is 0 Å². The van der Waals surface area contributed by atoms with Gasteiger partial charge in [0.25, 0.3) is 0 Å². The zero-order chi connectivity index (χ0) is 18.1. The Labute approximate surface area is 153 Å². The first-order valence-corrected chi connectivity index (χ1v) is 8.64. The van der Waals surface area contributed by atoms with Gasteiger partial charge in [0, 0.05) is 22.7 Å². The van der Waals surface area contributed by atoms with Crippen LogP contribution in [-0.2, 0) is 19.1 Å². The number of methoxy groups -OCH3 is 2. The second-order valence-corrected chi connectivity index (χ2v) is 6.51. The summed E-state index contributed by atoms with van der Waals surface area (Å²) in [6, 6.07) is 0. The molecule has 130 valence electrons. The fourth-order valence-electron chi connectivity index (χ4n) is 2.65. The number of allylic oxidation sites excluding steroid dienone is 3. The summed E-state index contributed by atoms with van der Waals surface area (Å²) >= 11 is 7.62. The van der Waals surface area contributed by atoms with Crippen molar-refractivity contribution in [3.63, 3.8) is 0 Å². The summed E-state index contributed by atoms with van der Waals surface area (Å²) in [5, 5.41) is 2.30. The summed E-state index contributed by atoms with van der Waals surface area (Å²) in [6.45, 7) is 1.61. The number of hydrogen-bond acceptors (Lipinski definition) is 6. The zero-order valence-corrected chi connectivity index (χ0v) is 15.4. The molecule has 2 aromatic rings. The predicted octanol–water partition coefficient (Wildman–Crippen LogP) is 3.43. The standard InChI is InChI=1S/C17H15ClN2O4S/c1-9-10(13(22)15(24-3)14(23-2)12(9)21)5-4-6-11-16(18)19-17-20(11)7-8-25-17/h4,6-8H,5H2,1-3H3/b6-4+. The molecule has 2 heterocycles. The molecular formula is C17H15ClN2O4S. The second-order valence-electron chi connectivity index (χ2n) is 5.28. The molecule has 2 aromatic heterocycles. The number of ketones is 2.